The van der Waals surface area contributed by atoms with E-state index in [1.807, 2.05) is 30.3 Å². The summed E-state index contributed by atoms with van der Waals surface area (Å²) in [6.07, 6.45) is 0. The zero-order valence-corrected chi connectivity index (χ0v) is 25.1. The Hall–Kier alpha value is -5.55. The second-order valence-corrected chi connectivity index (χ2v) is 12.9. The lowest BCUT2D eigenvalue weighted by Gasteiger charge is -2.19. The van der Waals surface area contributed by atoms with Crippen LogP contribution in [0.3, 0.4) is 0 Å². The van der Waals surface area contributed by atoms with E-state index in [1.54, 1.807) is 6.07 Å². The molecule has 0 saturated carbocycles. The summed E-state index contributed by atoms with van der Waals surface area (Å²) in [5.74, 6) is 0.490. The molecule has 0 aliphatic rings. The van der Waals surface area contributed by atoms with Gasteiger partial charge >= 0.3 is 0 Å². The van der Waals surface area contributed by atoms with Crippen LogP contribution in [-0.4, -0.2) is 14.5 Å². The molecular weight excluding hydrogens is 557 g/mol. The van der Waals surface area contributed by atoms with Crippen molar-refractivity contribution in [2.45, 2.75) is 26.2 Å². The summed E-state index contributed by atoms with van der Waals surface area (Å²) in [4.78, 5) is 10.3. The van der Waals surface area contributed by atoms with Gasteiger partial charge in [0.05, 0.1) is 22.1 Å². The Morgan fingerprint density at radius 2 is 1.38 bits per heavy atom. The number of para-hydroxylation sites is 1. The number of rotatable bonds is 2. The van der Waals surface area contributed by atoms with Gasteiger partial charge in [-0.05, 0) is 70.3 Å². The zero-order valence-electron chi connectivity index (χ0n) is 25.1. The first kappa shape index (κ1) is 25.9. The highest BCUT2D eigenvalue weighted by Gasteiger charge is 2.22. The SMILES string of the molecule is CC(C)(C)c1ccc(-n2c(-c3cccc4c3oc3nc5c(ccc6ccccc65)cc34)nc3c4ccc(F)cc4ccc32)cc1. The standard InChI is InChI=1S/C40H28FN3O/c1-40(2,3)26-14-17-28(18-15-26)44-34-20-13-24-21-27(41)16-19-30(24)36(34)42-38(44)32-10-6-9-31-33-22-25-12-11-23-7-4-5-8-29(23)35(25)43-39(33)45-37(31)32/h4-22H,1-3H3. The second-order valence-electron chi connectivity index (χ2n) is 12.9. The van der Waals surface area contributed by atoms with Crippen LogP contribution in [0, 0.1) is 5.82 Å². The molecule has 5 heteroatoms. The third-order valence-electron chi connectivity index (χ3n) is 9.01. The predicted octanol–water partition coefficient (Wildman–Crippen LogP) is 10.9. The molecule has 3 aromatic heterocycles. The van der Waals surface area contributed by atoms with Crippen LogP contribution in [0.15, 0.2) is 120 Å². The maximum absolute atomic E-state index is 14.2. The van der Waals surface area contributed by atoms with Crippen molar-refractivity contribution in [2.75, 3.05) is 0 Å². The van der Waals surface area contributed by atoms with Crippen LogP contribution in [-0.2, 0) is 5.41 Å². The van der Waals surface area contributed by atoms with E-state index < -0.39 is 0 Å². The van der Waals surface area contributed by atoms with Gasteiger partial charge in [-0.3, -0.25) is 4.57 Å². The molecule has 0 aliphatic carbocycles. The fraction of sp³-hybridized carbons (Fsp3) is 0.100. The van der Waals surface area contributed by atoms with Gasteiger partial charge in [0.1, 0.15) is 17.2 Å². The molecule has 9 rings (SSSR count). The zero-order chi connectivity index (χ0) is 30.4. The number of hydrogen-bond acceptors (Lipinski definition) is 3. The van der Waals surface area contributed by atoms with Crippen LogP contribution in [0.5, 0.6) is 0 Å². The van der Waals surface area contributed by atoms with Gasteiger partial charge in [-0.25, -0.2) is 14.4 Å². The number of imidazole rings is 1. The highest BCUT2D eigenvalue weighted by molar-refractivity contribution is 6.15. The molecule has 0 unspecified atom stereocenters. The van der Waals surface area contributed by atoms with E-state index in [0.717, 1.165) is 76.9 Å². The number of pyridine rings is 1. The van der Waals surface area contributed by atoms with Gasteiger partial charge in [0.15, 0.2) is 0 Å². The largest absolute Gasteiger partial charge is 0.437 e. The van der Waals surface area contributed by atoms with Gasteiger partial charge in [-0.15, -0.1) is 0 Å². The summed E-state index contributed by atoms with van der Waals surface area (Å²) in [7, 11) is 0. The molecule has 3 heterocycles. The molecule has 4 nitrogen and oxygen atoms in total. The number of furan rings is 1. The topological polar surface area (TPSA) is 43.9 Å². The first-order valence-corrected chi connectivity index (χ1v) is 15.2. The smallest absolute Gasteiger partial charge is 0.227 e. The van der Waals surface area contributed by atoms with E-state index in [2.05, 4.69) is 98.1 Å². The van der Waals surface area contributed by atoms with Gasteiger partial charge in [0, 0.05) is 32.6 Å². The summed E-state index contributed by atoms with van der Waals surface area (Å²) in [6.45, 7) is 6.65. The van der Waals surface area contributed by atoms with Gasteiger partial charge < -0.3 is 4.42 Å². The van der Waals surface area contributed by atoms with Crippen LogP contribution >= 0.6 is 0 Å². The fourth-order valence-electron chi connectivity index (χ4n) is 6.69. The number of fused-ring (bicyclic) bond motifs is 9. The van der Waals surface area contributed by atoms with Crippen molar-refractivity contribution in [3.05, 3.63) is 127 Å². The number of aromatic nitrogens is 3. The Labute approximate surface area is 258 Å². The molecular formula is C40H28FN3O. The summed E-state index contributed by atoms with van der Waals surface area (Å²) in [6, 6.07) is 38.5. The molecule has 216 valence electrons. The Kier molecular flexibility index (Phi) is 5.31. The molecule has 0 spiro atoms. The van der Waals surface area contributed by atoms with Crippen LogP contribution in [0.4, 0.5) is 4.39 Å². The Morgan fingerprint density at radius 1 is 0.622 bits per heavy atom. The fourth-order valence-corrected chi connectivity index (χ4v) is 6.69. The minimum Gasteiger partial charge on any atom is -0.437 e. The normalized spacial score (nSPS) is 12.4. The minimum absolute atomic E-state index is 0.0282. The van der Waals surface area contributed by atoms with Gasteiger partial charge in [0.2, 0.25) is 5.71 Å². The number of halogens is 1. The van der Waals surface area contributed by atoms with E-state index >= 15 is 0 Å². The molecule has 45 heavy (non-hydrogen) atoms. The molecule has 9 aromatic rings. The predicted molar refractivity (Wildman–Crippen MR) is 183 cm³/mol. The van der Waals surface area contributed by atoms with Crippen molar-refractivity contribution in [3.8, 4) is 17.1 Å². The molecule has 0 amide bonds. The Bertz CT molecular complexity index is 2640. The van der Waals surface area contributed by atoms with Gasteiger partial charge in [-0.1, -0.05) is 87.5 Å². The lowest BCUT2D eigenvalue weighted by atomic mass is 9.87. The van der Waals surface area contributed by atoms with E-state index in [4.69, 9.17) is 14.4 Å². The molecule has 6 aromatic carbocycles. The summed E-state index contributed by atoms with van der Waals surface area (Å²) in [5.41, 5.74) is 7.14. The van der Waals surface area contributed by atoms with Gasteiger partial charge in [-0.2, -0.15) is 0 Å². The quantitative estimate of drug-likeness (QED) is 0.190. The molecule has 0 atom stereocenters. The van der Waals surface area contributed by atoms with Gasteiger partial charge in [0.25, 0.3) is 0 Å². The summed E-state index contributed by atoms with van der Waals surface area (Å²) in [5, 5.41) is 6.97. The average Bonchev–Trinajstić information content (AvgIpc) is 3.61. The van der Waals surface area contributed by atoms with E-state index in [9.17, 15) is 4.39 Å². The Balaban J connectivity index is 1.35. The van der Waals surface area contributed by atoms with Crippen molar-refractivity contribution in [3.63, 3.8) is 0 Å². The second kappa shape index (κ2) is 9.23. The van der Waals surface area contributed by atoms with Crippen LogP contribution in [0.1, 0.15) is 26.3 Å². The third-order valence-corrected chi connectivity index (χ3v) is 9.01. The molecule has 0 aliphatic heterocycles. The average molecular weight is 586 g/mol. The summed E-state index contributed by atoms with van der Waals surface area (Å²) >= 11 is 0. The number of nitrogens with zero attached hydrogens (tertiary/aromatic N) is 3. The summed E-state index contributed by atoms with van der Waals surface area (Å²) < 4.78 is 23.0. The van der Waals surface area contributed by atoms with Crippen LogP contribution < -0.4 is 0 Å². The van der Waals surface area contributed by atoms with Crippen molar-refractivity contribution in [1.82, 2.24) is 14.5 Å². The monoisotopic (exact) mass is 585 g/mol. The molecule has 0 N–H and O–H groups in total. The van der Waals surface area contributed by atoms with E-state index in [0.29, 0.717) is 5.71 Å². The maximum Gasteiger partial charge on any atom is 0.227 e. The van der Waals surface area contributed by atoms with Crippen molar-refractivity contribution in [1.29, 1.82) is 0 Å². The highest BCUT2D eigenvalue weighted by atomic mass is 19.1. The lowest BCUT2D eigenvalue weighted by Crippen LogP contribution is -2.11. The molecule has 0 radical (unpaired) electrons. The first-order valence-electron chi connectivity index (χ1n) is 15.2. The van der Waals surface area contributed by atoms with Crippen LogP contribution in [0.25, 0.3) is 82.6 Å². The highest BCUT2D eigenvalue weighted by Crippen LogP contribution is 2.40. The minimum atomic E-state index is -0.265. The molecule has 0 fully saturated rings. The first-order chi connectivity index (χ1) is 21.8. The lowest BCUT2D eigenvalue weighted by molar-refractivity contribution is 0.590. The van der Waals surface area contributed by atoms with Crippen molar-refractivity contribution in [2.24, 2.45) is 0 Å². The number of benzene rings is 6. The molecule has 0 bridgehead atoms. The maximum atomic E-state index is 14.2. The van der Waals surface area contributed by atoms with Crippen LogP contribution in [0.2, 0.25) is 0 Å². The van der Waals surface area contributed by atoms with E-state index in [1.165, 1.54) is 11.6 Å². The molecule has 0 saturated heterocycles. The third kappa shape index (κ3) is 3.90. The van der Waals surface area contributed by atoms with Crippen molar-refractivity contribution < 1.29 is 8.81 Å². The Morgan fingerprint density at radius 3 is 2.22 bits per heavy atom. The number of hydrogen-bond donors (Lipinski definition) is 0. The van der Waals surface area contributed by atoms with Crippen molar-refractivity contribution >= 4 is 65.6 Å². The van der Waals surface area contributed by atoms with E-state index in [-0.39, 0.29) is 11.2 Å².